The molecule has 7 heteroatoms. The van der Waals surface area contributed by atoms with Crippen LogP contribution in [0.4, 0.5) is 0 Å². The monoisotopic (exact) mass is 414 g/mol. The number of carbonyl (C=O) groups is 1. The zero-order valence-electron chi connectivity index (χ0n) is 16.1. The number of nitrogens with one attached hydrogen (secondary N) is 1. The molecule has 1 amide bonds. The summed E-state index contributed by atoms with van der Waals surface area (Å²) in [7, 11) is 1.87. The maximum Gasteiger partial charge on any atom is 0.230 e. The van der Waals surface area contributed by atoms with Crippen molar-refractivity contribution in [2.75, 3.05) is 5.75 Å². The van der Waals surface area contributed by atoms with E-state index in [1.807, 2.05) is 42.8 Å². The van der Waals surface area contributed by atoms with Gasteiger partial charge >= 0.3 is 0 Å². The van der Waals surface area contributed by atoms with Crippen LogP contribution in [0.5, 0.6) is 0 Å². The van der Waals surface area contributed by atoms with Gasteiger partial charge in [0, 0.05) is 12.6 Å². The summed E-state index contributed by atoms with van der Waals surface area (Å²) in [5, 5.41) is 12.7. The first-order valence-electron chi connectivity index (χ1n) is 9.15. The van der Waals surface area contributed by atoms with Gasteiger partial charge in [-0.05, 0) is 36.6 Å². The number of amides is 1. The molecule has 1 aromatic heterocycles. The van der Waals surface area contributed by atoms with Crippen molar-refractivity contribution >= 4 is 29.3 Å². The highest BCUT2D eigenvalue weighted by Gasteiger charge is 2.16. The van der Waals surface area contributed by atoms with Crippen LogP contribution in [0.25, 0.3) is 11.4 Å². The summed E-state index contributed by atoms with van der Waals surface area (Å²) < 4.78 is 1.85. The molecule has 0 spiro atoms. The summed E-state index contributed by atoms with van der Waals surface area (Å²) in [5.74, 6) is 0.906. The molecule has 0 aliphatic carbocycles. The Labute approximate surface area is 174 Å². The Morgan fingerprint density at radius 1 is 1.18 bits per heavy atom. The van der Waals surface area contributed by atoms with E-state index in [-0.39, 0.29) is 17.7 Å². The van der Waals surface area contributed by atoms with E-state index in [9.17, 15) is 4.79 Å². The number of nitrogens with zero attached hydrogens (tertiary/aromatic N) is 3. The van der Waals surface area contributed by atoms with Crippen molar-refractivity contribution < 1.29 is 4.79 Å². The molecule has 0 saturated heterocycles. The Morgan fingerprint density at radius 3 is 2.57 bits per heavy atom. The number of hydrogen-bond acceptors (Lipinski definition) is 4. The Kier molecular flexibility index (Phi) is 6.75. The molecule has 28 heavy (non-hydrogen) atoms. The van der Waals surface area contributed by atoms with Gasteiger partial charge in [-0.25, -0.2) is 0 Å². The average molecular weight is 415 g/mol. The van der Waals surface area contributed by atoms with Crippen molar-refractivity contribution in [2.24, 2.45) is 7.05 Å². The van der Waals surface area contributed by atoms with E-state index in [1.165, 1.54) is 17.3 Å². The normalized spacial score (nSPS) is 12.0. The number of hydrogen-bond donors (Lipinski definition) is 1. The second-order valence-corrected chi connectivity index (χ2v) is 7.87. The lowest BCUT2D eigenvalue weighted by atomic mass is 10.1. The van der Waals surface area contributed by atoms with Gasteiger partial charge in [0.1, 0.15) is 0 Å². The fourth-order valence-electron chi connectivity index (χ4n) is 2.86. The summed E-state index contributed by atoms with van der Waals surface area (Å²) in [6, 6.07) is 15.8. The molecule has 5 nitrogen and oxygen atoms in total. The fourth-order valence-corrected chi connectivity index (χ4v) is 3.80. The quantitative estimate of drug-likeness (QED) is 0.571. The van der Waals surface area contributed by atoms with Crippen LogP contribution in [-0.2, 0) is 18.3 Å². The Morgan fingerprint density at radius 2 is 1.89 bits per heavy atom. The Balaban J connectivity index is 1.59. The molecule has 0 fully saturated rings. The minimum Gasteiger partial charge on any atom is -0.349 e. The SMILES string of the molecule is CCc1ccc([C@@H](C)NC(=O)CSc2nnc(-c3ccccc3Cl)n2C)cc1. The van der Waals surface area contributed by atoms with Gasteiger partial charge in [0.15, 0.2) is 11.0 Å². The third-order valence-corrected chi connectivity index (χ3v) is 5.90. The number of carbonyl (C=O) groups excluding carboxylic acids is 1. The highest BCUT2D eigenvalue weighted by atomic mass is 35.5. The van der Waals surface area contributed by atoms with Crippen LogP contribution in [0.15, 0.2) is 53.7 Å². The van der Waals surface area contributed by atoms with Crippen molar-refractivity contribution in [1.82, 2.24) is 20.1 Å². The predicted octanol–water partition coefficient (Wildman–Crippen LogP) is 4.67. The van der Waals surface area contributed by atoms with Gasteiger partial charge in [0.2, 0.25) is 5.91 Å². The zero-order valence-corrected chi connectivity index (χ0v) is 17.7. The van der Waals surface area contributed by atoms with Gasteiger partial charge in [-0.15, -0.1) is 10.2 Å². The standard InChI is InChI=1S/C21H23ClN4OS/c1-4-15-9-11-16(12-10-15)14(2)23-19(27)13-28-21-25-24-20(26(21)3)17-7-5-6-8-18(17)22/h5-12,14H,4,13H2,1-3H3,(H,23,27)/t14-/m1/s1. The van der Waals surface area contributed by atoms with Crippen LogP contribution in [0.3, 0.4) is 0 Å². The molecule has 0 saturated carbocycles. The number of aryl methyl sites for hydroxylation is 1. The van der Waals surface area contributed by atoms with Gasteiger partial charge in [-0.2, -0.15) is 0 Å². The highest BCUT2D eigenvalue weighted by Crippen LogP contribution is 2.28. The largest absolute Gasteiger partial charge is 0.349 e. The predicted molar refractivity (Wildman–Crippen MR) is 115 cm³/mol. The molecule has 0 radical (unpaired) electrons. The highest BCUT2D eigenvalue weighted by molar-refractivity contribution is 7.99. The van der Waals surface area contributed by atoms with Crippen molar-refractivity contribution in [1.29, 1.82) is 0 Å². The van der Waals surface area contributed by atoms with Crippen molar-refractivity contribution in [3.05, 3.63) is 64.7 Å². The first-order valence-corrected chi connectivity index (χ1v) is 10.5. The topological polar surface area (TPSA) is 59.8 Å². The third-order valence-electron chi connectivity index (χ3n) is 4.55. The molecule has 146 valence electrons. The number of benzene rings is 2. The van der Waals surface area contributed by atoms with Crippen molar-refractivity contribution in [2.45, 2.75) is 31.5 Å². The molecular weight excluding hydrogens is 392 g/mol. The second-order valence-electron chi connectivity index (χ2n) is 6.52. The Bertz CT molecular complexity index is 955. The van der Waals surface area contributed by atoms with E-state index in [0.717, 1.165) is 17.5 Å². The lowest BCUT2D eigenvalue weighted by Crippen LogP contribution is -2.28. The maximum absolute atomic E-state index is 12.4. The third kappa shape index (κ3) is 4.75. The van der Waals surface area contributed by atoms with Crippen LogP contribution >= 0.6 is 23.4 Å². The molecule has 0 aliphatic rings. The molecule has 3 aromatic rings. The van der Waals surface area contributed by atoms with E-state index in [0.29, 0.717) is 16.0 Å². The van der Waals surface area contributed by atoms with E-state index < -0.39 is 0 Å². The van der Waals surface area contributed by atoms with Crippen molar-refractivity contribution in [3.63, 3.8) is 0 Å². The minimum atomic E-state index is -0.0443. The summed E-state index contributed by atoms with van der Waals surface area (Å²) in [5.41, 5.74) is 3.20. The summed E-state index contributed by atoms with van der Waals surface area (Å²) in [4.78, 5) is 12.4. The summed E-state index contributed by atoms with van der Waals surface area (Å²) >= 11 is 7.60. The molecule has 1 N–H and O–H groups in total. The van der Waals surface area contributed by atoms with Crippen LogP contribution in [0, 0.1) is 0 Å². The molecule has 0 bridgehead atoms. The van der Waals surface area contributed by atoms with Crippen molar-refractivity contribution in [3.8, 4) is 11.4 Å². The van der Waals surface area contributed by atoms with Crippen LogP contribution in [-0.4, -0.2) is 26.4 Å². The van der Waals surface area contributed by atoms with E-state index in [1.54, 1.807) is 0 Å². The molecule has 0 aliphatic heterocycles. The molecule has 1 heterocycles. The number of aromatic nitrogens is 3. The van der Waals surface area contributed by atoms with E-state index in [2.05, 4.69) is 46.7 Å². The van der Waals surface area contributed by atoms with Gasteiger partial charge in [0.05, 0.1) is 16.8 Å². The number of halogens is 1. The number of thioether (sulfide) groups is 1. The van der Waals surface area contributed by atoms with Gasteiger partial charge in [-0.3, -0.25) is 4.79 Å². The molecule has 3 rings (SSSR count). The van der Waals surface area contributed by atoms with E-state index in [4.69, 9.17) is 11.6 Å². The average Bonchev–Trinajstić information content (AvgIpc) is 3.07. The van der Waals surface area contributed by atoms with Gasteiger partial charge < -0.3 is 9.88 Å². The smallest absolute Gasteiger partial charge is 0.230 e. The summed E-state index contributed by atoms with van der Waals surface area (Å²) in [6.07, 6.45) is 1.01. The molecule has 0 unspecified atom stereocenters. The van der Waals surface area contributed by atoms with Crippen LogP contribution < -0.4 is 5.32 Å². The summed E-state index contributed by atoms with van der Waals surface area (Å²) in [6.45, 7) is 4.11. The van der Waals surface area contributed by atoms with Crippen LogP contribution in [0.2, 0.25) is 5.02 Å². The molecule has 1 atom stereocenters. The second kappa shape index (κ2) is 9.26. The number of rotatable bonds is 7. The maximum atomic E-state index is 12.4. The lowest BCUT2D eigenvalue weighted by Gasteiger charge is -2.14. The fraction of sp³-hybridized carbons (Fsp3) is 0.286. The first-order chi connectivity index (χ1) is 13.5. The molecular formula is C21H23ClN4OS. The Hall–Kier alpha value is -2.31. The van der Waals surface area contributed by atoms with Crippen LogP contribution in [0.1, 0.15) is 31.0 Å². The van der Waals surface area contributed by atoms with E-state index >= 15 is 0 Å². The first kappa shape index (κ1) is 20.4. The van der Waals surface area contributed by atoms with Gasteiger partial charge in [-0.1, -0.05) is 66.7 Å². The molecule has 2 aromatic carbocycles. The zero-order chi connectivity index (χ0) is 20.1. The minimum absolute atomic E-state index is 0.0423. The lowest BCUT2D eigenvalue weighted by molar-refractivity contribution is -0.119. The van der Waals surface area contributed by atoms with Gasteiger partial charge in [0.25, 0.3) is 0 Å².